The third kappa shape index (κ3) is 8.02. The minimum absolute atomic E-state index is 0.00600. The monoisotopic (exact) mass is 648 g/mol. The smallest absolute Gasteiger partial charge is 0.262 e. The first-order valence-electron chi connectivity index (χ1n) is 14.8. The van der Waals surface area contributed by atoms with Crippen molar-refractivity contribution in [1.29, 1.82) is 0 Å². The summed E-state index contributed by atoms with van der Waals surface area (Å²) >= 11 is 1.16. The summed E-state index contributed by atoms with van der Waals surface area (Å²) in [6.45, 7) is 0.892. The summed E-state index contributed by atoms with van der Waals surface area (Å²) in [4.78, 5) is 43.7. The van der Waals surface area contributed by atoms with Gasteiger partial charge in [0, 0.05) is 31.6 Å². The lowest BCUT2D eigenvalue weighted by Gasteiger charge is -2.14. The number of carbonyl (C=O) groups excluding carboxylic acids is 2. The maximum absolute atomic E-state index is 13.7. The van der Waals surface area contributed by atoms with Gasteiger partial charge < -0.3 is 34.3 Å². The molecule has 2 amide bonds. The van der Waals surface area contributed by atoms with Crippen molar-refractivity contribution in [3.8, 4) is 28.7 Å². The highest BCUT2D eigenvalue weighted by Gasteiger charge is 2.20. The van der Waals surface area contributed by atoms with Gasteiger partial charge in [-0.3, -0.25) is 19.0 Å². The lowest BCUT2D eigenvalue weighted by molar-refractivity contribution is -0.121. The Morgan fingerprint density at radius 2 is 1.63 bits per heavy atom. The van der Waals surface area contributed by atoms with Crippen LogP contribution in [0, 0.1) is 0 Å². The summed E-state index contributed by atoms with van der Waals surface area (Å²) in [6, 6.07) is 16.0. The number of nitrogens with zero attached hydrogens (tertiary/aromatic N) is 2. The van der Waals surface area contributed by atoms with Crippen LogP contribution in [0.1, 0.15) is 31.2 Å². The summed E-state index contributed by atoms with van der Waals surface area (Å²) < 4.78 is 28.3. The van der Waals surface area contributed by atoms with Crippen molar-refractivity contribution in [3.05, 3.63) is 70.5 Å². The van der Waals surface area contributed by atoms with Crippen molar-refractivity contribution in [2.75, 3.05) is 39.2 Å². The molecule has 0 saturated heterocycles. The second-order valence-corrected chi connectivity index (χ2v) is 11.4. The van der Waals surface area contributed by atoms with Crippen LogP contribution in [0.4, 0.5) is 5.69 Å². The fourth-order valence-electron chi connectivity index (χ4n) is 4.88. The molecule has 13 heteroatoms. The first-order chi connectivity index (χ1) is 22.4. The highest BCUT2D eigenvalue weighted by Crippen LogP contribution is 2.35. The Kier molecular flexibility index (Phi) is 10.9. The molecule has 4 aromatic rings. The van der Waals surface area contributed by atoms with Crippen LogP contribution >= 0.6 is 11.8 Å². The summed E-state index contributed by atoms with van der Waals surface area (Å²) in [5, 5.41) is 6.60. The first kappa shape index (κ1) is 32.5. The van der Waals surface area contributed by atoms with Crippen LogP contribution in [0.3, 0.4) is 0 Å². The van der Waals surface area contributed by atoms with E-state index in [0.717, 1.165) is 29.5 Å². The molecule has 0 radical (unpaired) electrons. The van der Waals surface area contributed by atoms with Gasteiger partial charge >= 0.3 is 0 Å². The number of methoxy groups -OCH3 is 3. The fourth-order valence-corrected chi connectivity index (χ4v) is 5.71. The Morgan fingerprint density at radius 1 is 0.891 bits per heavy atom. The summed E-state index contributed by atoms with van der Waals surface area (Å²) in [7, 11) is 4.67. The number of amides is 2. The van der Waals surface area contributed by atoms with Gasteiger partial charge in [0.25, 0.3) is 5.56 Å². The van der Waals surface area contributed by atoms with Crippen LogP contribution in [0.15, 0.2) is 64.5 Å². The number of fused-ring (bicyclic) bond motifs is 2. The van der Waals surface area contributed by atoms with Gasteiger partial charge in [0.1, 0.15) is 17.2 Å². The van der Waals surface area contributed by atoms with Gasteiger partial charge in [-0.05, 0) is 48.7 Å². The molecule has 0 fully saturated rings. The number of anilines is 1. The van der Waals surface area contributed by atoms with Gasteiger partial charge in [0.05, 0.1) is 43.7 Å². The van der Waals surface area contributed by atoms with Crippen LogP contribution in [0.2, 0.25) is 0 Å². The zero-order valence-electron chi connectivity index (χ0n) is 25.9. The zero-order valence-corrected chi connectivity index (χ0v) is 26.7. The summed E-state index contributed by atoms with van der Waals surface area (Å²) in [5.74, 6) is 2.52. The van der Waals surface area contributed by atoms with E-state index in [1.54, 1.807) is 49.1 Å². The molecule has 0 saturated carbocycles. The summed E-state index contributed by atoms with van der Waals surface area (Å²) in [5.41, 5.74) is 1.71. The molecule has 2 N–H and O–H groups in total. The summed E-state index contributed by atoms with van der Waals surface area (Å²) in [6.07, 6.45) is 2.41. The number of hydrogen-bond acceptors (Lipinski definition) is 10. The number of unbranched alkanes of at least 4 members (excludes halogenated alkanes) is 2. The van der Waals surface area contributed by atoms with E-state index in [4.69, 9.17) is 28.7 Å². The average molecular weight is 649 g/mol. The van der Waals surface area contributed by atoms with Gasteiger partial charge in [-0.1, -0.05) is 30.3 Å². The third-order valence-corrected chi connectivity index (χ3v) is 8.34. The lowest BCUT2D eigenvalue weighted by atomic mass is 10.1. The highest BCUT2D eigenvalue weighted by molar-refractivity contribution is 7.99. The minimum atomic E-state index is -0.291. The van der Waals surface area contributed by atoms with E-state index in [0.29, 0.717) is 77.1 Å². The largest absolute Gasteiger partial charge is 0.497 e. The van der Waals surface area contributed by atoms with Crippen LogP contribution in [-0.2, 0) is 22.7 Å². The lowest BCUT2D eigenvalue weighted by Crippen LogP contribution is -2.25. The van der Waals surface area contributed by atoms with Gasteiger partial charge in [-0.25, -0.2) is 4.98 Å². The standard InChI is InChI=1S/C33H36N4O8S/c1-41-22-10-8-21(9-11-22)18-34-30(38)7-5-4-6-14-37-32(40)24-16-28-29(45-20-44-28)17-26(24)36-33(37)46-19-31(39)35-25-13-12-23(42-2)15-27(25)43-3/h8-13,15-17H,4-7,14,18-20H2,1-3H3,(H,34,38)(H,35,39). The second kappa shape index (κ2) is 15.4. The maximum Gasteiger partial charge on any atom is 0.262 e. The molecule has 3 aromatic carbocycles. The van der Waals surface area contributed by atoms with E-state index in [1.165, 1.54) is 7.11 Å². The molecule has 0 bridgehead atoms. The van der Waals surface area contributed by atoms with E-state index < -0.39 is 0 Å². The maximum atomic E-state index is 13.7. The quantitative estimate of drug-likeness (QED) is 0.105. The van der Waals surface area contributed by atoms with Gasteiger partial charge in [0.2, 0.25) is 18.6 Å². The predicted molar refractivity (Wildman–Crippen MR) is 174 cm³/mol. The van der Waals surface area contributed by atoms with Crippen LogP contribution < -0.4 is 39.9 Å². The van der Waals surface area contributed by atoms with Crippen LogP contribution in [-0.4, -0.2) is 55.2 Å². The molecule has 5 rings (SSSR count). The third-order valence-electron chi connectivity index (χ3n) is 7.36. The van der Waals surface area contributed by atoms with Crippen molar-refractivity contribution in [2.45, 2.75) is 43.9 Å². The Labute approximate surface area is 270 Å². The number of benzene rings is 3. The minimum Gasteiger partial charge on any atom is -0.497 e. The molecule has 1 aromatic heterocycles. The molecule has 46 heavy (non-hydrogen) atoms. The number of nitrogens with one attached hydrogen (secondary N) is 2. The molecule has 0 spiro atoms. The number of aromatic nitrogens is 2. The van der Waals surface area contributed by atoms with Crippen molar-refractivity contribution in [1.82, 2.24) is 14.9 Å². The van der Waals surface area contributed by atoms with Gasteiger partial charge in [-0.2, -0.15) is 0 Å². The van der Waals surface area contributed by atoms with Gasteiger partial charge in [0.15, 0.2) is 16.7 Å². The zero-order chi connectivity index (χ0) is 32.5. The molecule has 0 aliphatic carbocycles. The number of ether oxygens (including phenoxy) is 5. The van der Waals surface area contributed by atoms with Crippen molar-refractivity contribution in [3.63, 3.8) is 0 Å². The van der Waals surface area contributed by atoms with E-state index in [-0.39, 0.29) is 29.9 Å². The molecule has 1 aliphatic rings. The molecule has 1 aliphatic heterocycles. The molecule has 0 unspecified atom stereocenters. The van der Waals surface area contributed by atoms with E-state index in [1.807, 2.05) is 24.3 Å². The van der Waals surface area contributed by atoms with Crippen molar-refractivity contribution >= 4 is 40.2 Å². The van der Waals surface area contributed by atoms with Gasteiger partial charge in [-0.15, -0.1) is 0 Å². The Morgan fingerprint density at radius 3 is 2.37 bits per heavy atom. The molecule has 0 atom stereocenters. The molecular formula is C33H36N4O8S. The number of carbonyl (C=O) groups is 2. The average Bonchev–Trinajstić information content (AvgIpc) is 3.54. The Hall–Kier alpha value is -4.91. The van der Waals surface area contributed by atoms with Crippen LogP contribution in [0.25, 0.3) is 10.9 Å². The fraction of sp³-hybridized carbons (Fsp3) is 0.333. The Bertz CT molecular complexity index is 1760. The Balaban J connectivity index is 1.21. The molecule has 2 heterocycles. The predicted octanol–water partition coefficient (Wildman–Crippen LogP) is 4.76. The molecule has 242 valence electrons. The van der Waals surface area contributed by atoms with Crippen LogP contribution in [0.5, 0.6) is 28.7 Å². The normalized spacial score (nSPS) is 11.7. The van der Waals surface area contributed by atoms with E-state index in [2.05, 4.69) is 10.6 Å². The second-order valence-electron chi connectivity index (χ2n) is 10.4. The highest BCUT2D eigenvalue weighted by atomic mass is 32.2. The number of rotatable bonds is 15. The van der Waals surface area contributed by atoms with E-state index >= 15 is 0 Å². The molecular weight excluding hydrogens is 612 g/mol. The molecule has 12 nitrogen and oxygen atoms in total. The van der Waals surface area contributed by atoms with Crippen molar-refractivity contribution < 1.29 is 33.3 Å². The van der Waals surface area contributed by atoms with Crippen molar-refractivity contribution in [2.24, 2.45) is 0 Å². The number of thioether (sulfide) groups is 1. The number of hydrogen-bond donors (Lipinski definition) is 2. The van der Waals surface area contributed by atoms with E-state index in [9.17, 15) is 14.4 Å². The topological polar surface area (TPSA) is 139 Å². The SMILES string of the molecule is COc1ccc(CNC(=O)CCCCCn2c(SCC(=O)Nc3ccc(OC)cc3OC)nc3cc4c(cc3c2=O)OCO4)cc1. The first-order valence-corrected chi connectivity index (χ1v) is 15.8.